The Morgan fingerprint density at radius 2 is 2.41 bits per heavy atom. The van der Waals surface area contributed by atoms with Crippen molar-refractivity contribution in [1.29, 1.82) is 0 Å². The Bertz CT molecular complexity index is 339. The smallest absolute Gasteiger partial charge is 0.0452 e. The fraction of sp³-hybridized carbons (Fsp3) is 0.692. The molecule has 1 aromatic heterocycles. The molecule has 1 saturated heterocycles. The average molecular weight is 270 g/mol. The van der Waals surface area contributed by atoms with Crippen LogP contribution in [0.2, 0.25) is 0 Å². The summed E-state index contributed by atoms with van der Waals surface area (Å²) in [5.74, 6) is 3.14. The molecule has 2 atom stereocenters. The average Bonchev–Trinajstić information content (AvgIpc) is 2.95. The third-order valence-electron chi connectivity index (χ3n) is 4.02. The molecule has 0 saturated carbocycles. The van der Waals surface area contributed by atoms with Gasteiger partial charge in [0.1, 0.15) is 0 Å². The normalized spacial score (nSPS) is 29.1. The second kappa shape index (κ2) is 5.74. The van der Waals surface area contributed by atoms with Crippen LogP contribution >= 0.6 is 23.1 Å². The molecule has 1 fully saturated rings. The van der Waals surface area contributed by atoms with E-state index < -0.39 is 0 Å². The maximum atomic E-state index is 6.06. The monoisotopic (exact) mass is 270 g/mol. The molecular formula is C13H22N2S2. The van der Waals surface area contributed by atoms with Gasteiger partial charge in [-0.1, -0.05) is 13.0 Å². The summed E-state index contributed by atoms with van der Waals surface area (Å²) in [7, 11) is 2.24. The minimum Gasteiger partial charge on any atom is -0.329 e. The molecule has 0 aromatic carbocycles. The SMILES string of the molecule is CC1CSCC1(CN)N(C)CCc1cccs1. The lowest BCUT2D eigenvalue weighted by atomic mass is 9.87. The van der Waals surface area contributed by atoms with Crippen LogP contribution in [0.15, 0.2) is 17.5 Å². The van der Waals surface area contributed by atoms with E-state index in [2.05, 4.69) is 36.4 Å². The predicted octanol–water partition coefficient (Wildman–Crippen LogP) is 2.30. The van der Waals surface area contributed by atoms with Crippen molar-refractivity contribution < 1.29 is 0 Å². The number of hydrogen-bond donors (Lipinski definition) is 1. The summed E-state index contributed by atoms with van der Waals surface area (Å²) in [6.07, 6.45) is 1.15. The summed E-state index contributed by atoms with van der Waals surface area (Å²) >= 11 is 3.90. The maximum Gasteiger partial charge on any atom is 0.0452 e. The van der Waals surface area contributed by atoms with E-state index >= 15 is 0 Å². The van der Waals surface area contributed by atoms with E-state index in [0.717, 1.165) is 19.5 Å². The van der Waals surface area contributed by atoms with E-state index in [1.54, 1.807) is 0 Å². The van der Waals surface area contributed by atoms with Crippen LogP contribution in [0.1, 0.15) is 11.8 Å². The minimum atomic E-state index is 0.224. The standard InChI is InChI=1S/C13H22N2S2/c1-11-8-16-10-13(11,9-14)15(2)6-5-12-4-3-7-17-12/h3-4,7,11H,5-6,8-10,14H2,1-2H3. The highest BCUT2D eigenvalue weighted by Crippen LogP contribution is 2.36. The molecular weight excluding hydrogens is 248 g/mol. The predicted molar refractivity (Wildman–Crippen MR) is 78.9 cm³/mol. The van der Waals surface area contributed by atoms with Crippen molar-refractivity contribution in [3.8, 4) is 0 Å². The third kappa shape index (κ3) is 2.70. The molecule has 0 aliphatic carbocycles. The number of thioether (sulfide) groups is 1. The number of likely N-dealkylation sites (N-methyl/N-ethyl adjacent to an activating group) is 1. The lowest BCUT2D eigenvalue weighted by molar-refractivity contribution is 0.111. The van der Waals surface area contributed by atoms with E-state index in [9.17, 15) is 0 Å². The molecule has 2 unspecified atom stereocenters. The van der Waals surface area contributed by atoms with Crippen LogP contribution in [0.3, 0.4) is 0 Å². The molecule has 0 radical (unpaired) electrons. The highest BCUT2D eigenvalue weighted by atomic mass is 32.2. The first-order chi connectivity index (χ1) is 8.19. The van der Waals surface area contributed by atoms with Crippen LogP contribution in [0.5, 0.6) is 0 Å². The quantitative estimate of drug-likeness (QED) is 0.890. The van der Waals surface area contributed by atoms with Crippen molar-refractivity contribution in [3.05, 3.63) is 22.4 Å². The van der Waals surface area contributed by atoms with Gasteiger partial charge in [0.05, 0.1) is 0 Å². The summed E-state index contributed by atoms with van der Waals surface area (Å²) in [6.45, 7) is 4.24. The first kappa shape index (κ1) is 13.4. The van der Waals surface area contributed by atoms with Gasteiger partial charge in [0, 0.05) is 29.3 Å². The molecule has 2 nitrogen and oxygen atoms in total. The van der Waals surface area contributed by atoms with Crippen LogP contribution < -0.4 is 5.73 Å². The highest BCUT2D eigenvalue weighted by molar-refractivity contribution is 7.99. The van der Waals surface area contributed by atoms with E-state index in [0.29, 0.717) is 5.92 Å². The Kier molecular flexibility index (Phi) is 4.53. The van der Waals surface area contributed by atoms with Gasteiger partial charge < -0.3 is 5.73 Å². The topological polar surface area (TPSA) is 29.3 Å². The Morgan fingerprint density at radius 1 is 1.59 bits per heavy atom. The molecule has 2 rings (SSSR count). The van der Waals surface area contributed by atoms with Crippen molar-refractivity contribution in [1.82, 2.24) is 4.90 Å². The van der Waals surface area contributed by atoms with Gasteiger partial charge in [-0.2, -0.15) is 11.8 Å². The minimum absolute atomic E-state index is 0.224. The van der Waals surface area contributed by atoms with Crippen LogP contribution in [0, 0.1) is 5.92 Å². The van der Waals surface area contributed by atoms with Crippen molar-refractivity contribution >= 4 is 23.1 Å². The molecule has 2 N–H and O–H groups in total. The van der Waals surface area contributed by atoms with Gasteiger partial charge in [-0.05, 0) is 36.6 Å². The summed E-state index contributed by atoms with van der Waals surface area (Å²) in [6, 6.07) is 4.35. The van der Waals surface area contributed by atoms with Crippen molar-refractivity contribution in [2.45, 2.75) is 18.9 Å². The number of rotatable bonds is 5. The summed E-state index contributed by atoms with van der Waals surface area (Å²) in [5, 5.41) is 2.15. The molecule has 4 heteroatoms. The maximum absolute atomic E-state index is 6.06. The van der Waals surface area contributed by atoms with Crippen LogP contribution in [-0.4, -0.2) is 42.1 Å². The zero-order valence-corrected chi connectivity index (χ0v) is 12.3. The molecule has 1 aliphatic rings. The largest absolute Gasteiger partial charge is 0.329 e. The Morgan fingerprint density at radius 3 is 2.94 bits per heavy atom. The van der Waals surface area contributed by atoms with E-state index in [-0.39, 0.29) is 5.54 Å². The Balaban J connectivity index is 1.95. The Labute approximate surface area is 113 Å². The molecule has 17 heavy (non-hydrogen) atoms. The lowest BCUT2D eigenvalue weighted by Crippen LogP contribution is -2.56. The van der Waals surface area contributed by atoms with Gasteiger partial charge in [0.25, 0.3) is 0 Å². The van der Waals surface area contributed by atoms with Crippen molar-refractivity contribution in [2.24, 2.45) is 11.7 Å². The molecule has 0 amide bonds. The second-order valence-corrected chi connectivity index (χ2v) is 7.04. The summed E-state index contributed by atoms with van der Waals surface area (Å²) in [5.41, 5.74) is 6.28. The van der Waals surface area contributed by atoms with Gasteiger partial charge in [-0.15, -0.1) is 11.3 Å². The number of nitrogens with zero attached hydrogens (tertiary/aromatic N) is 1. The number of hydrogen-bond acceptors (Lipinski definition) is 4. The van der Waals surface area contributed by atoms with E-state index in [4.69, 9.17) is 5.73 Å². The summed E-state index contributed by atoms with van der Waals surface area (Å²) < 4.78 is 0. The first-order valence-electron chi connectivity index (χ1n) is 6.20. The van der Waals surface area contributed by atoms with Crippen molar-refractivity contribution in [3.63, 3.8) is 0 Å². The van der Waals surface area contributed by atoms with Gasteiger partial charge in [-0.25, -0.2) is 0 Å². The molecule has 2 heterocycles. The van der Waals surface area contributed by atoms with Gasteiger partial charge in [-0.3, -0.25) is 4.90 Å². The van der Waals surface area contributed by atoms with E-state index in [1.807, 2.05) is 23.1 Å². The van der Waals surface area contributed by atoms with Gasteiger partial charge in [0.15, 0.2) is 0 Å². The molecule has 1 aliphatic heterocycles. The zero-order chi connectivity index (χ0) is 12.3. The fourth-order valence-electron chi connectivity index (χ4n) is 2.57. The summed E-state index contributed by atoms with van der Waals surface area (Å²) in [4.78, 5) is 3.97. The zero-order valence-electron chi connectivity index (χ0n) is 10.7. The number of thiophene rings is 1. The molecule has 1 aromatic rings. The van der Waals surface area contributed by atoms with Crippen LogP contribution in [-0.2, 0) is 6.42 Å². The van der Waals surface area contributed by atoms with Crippen LogP contribution in [0.4, 0.5) is 0 Å². The Hall–Kier alpha value is -0.0300. The molecule has 0 spiro atoms. The first-order valence-corrected chi connectivity index (χ1v) is 8.24. The number of nitrogens with two attached hydrogens (primary N) is 1. The van der Waals surface area contributed by atoms with Gasteiger partial charge >= 0.3 is 0 Å². The third-order valence-corrected chi connectivity index (χ3v) is 6.40. The van der Waals surface area contributed by atoms with Crippen LogP contribution in [0.25, 0.3) is 0 Å². The van der Waals surface area contributed by atoms with E-state index in [1.165, 1.54) is 16.4 Å². The second-order valence-electron chi connectivity index (χ2n) is 4.97. The molecule has 0 bridgehead atoms. The van der Waals surface area contributed by atoms with Crippen molar-refractivity contribution in [2.75, 3.05) is 31.6 Å². The van der Waals surface area contributed by atoms with Gasteiger partial charge in [0.2, 0.25) is 0 Å². The highest BCUT2D eigenvalue weighted by Gasteiger charge is 2.42. The fourth-order valence-corrected chi connectivity index (χ4v) is 5.02. The molecule has 96 valence electrons. The lowest BCUT2D eigenvalue weighted by Gasteiger charge is -2.41.